The molecule has 3 N–H and O–H groups in total. The maximum Gasteiger partial charge on any atom is 0.113 e. The predicted octanol–water partition coefficient (Wildman–Crippen LogP) is 2.08. The molecule has 0 saturated heterocycles. The van der Waals surface area contributed by atoms with Crippen molar-refractivity contribution < 1.29 is 0 Å². The van der Waals surface area contributed by atoms with E-state index in [1.54, 1.807) is 0 Å². The first-order chi connectivity index (χ1) is 7.35. The molecule has 2 fully saturated rings. The molecule has 3 unspecified atom stereocenters. The Kier molecular flexibility index (Phi) is 3.62. The van der Waals surface area contributed by atoms with Crippen LogP contribution in [-0.2, 0) is 0 Å². The minimum atomic E-state index is 0.597. The number of amidine groups is 1. The molecule has 0 spiro atoms. The molecule has 0 aromatic heterocycles. The Morgan fingerprint density at radius 3 is 2.53 bits per heavy atom. The molecule has 2 aliphatic carbocycles. The minimum absolute atomic E-state index is 0.597. The summed E-state index contributed by atoms with van der Waals surface area (Å²) in [5.41, 5.74) is 2.77. The van der Waals surface area contributed by atoms with Crippen molar-refractivity contribution in [3.63, 3.8) is 0 Å². The van der Waals surface area contributed by atoms with Crippen LogP contribution in [0.15, 0.2) is 4.99 Å². The molecular formula is C12H23N3. The van der Waals surface area contributed by atoms with Crippen molar-refractivity contribution in [3.05, 3.63) is 0 Å². The van der Waals surface area contributed by atoms with Crippen LogP contribution in [0, 0.1) is 17.8 Å². The van der Waals surface area contributed by atoms with Crippen LogP contribution >= 0.6 is 0 Å². The number of fused-ring (bicyclic) bond motifs is 1. The third-order valence-electron chi connectivity index (χ3n) is 4.32. The van der Waals surface area contributed by atoms with Crippen molar-refractivity contribution in [1.29, 1.82) is 0 Å². The lowest BCUT2D eigenvalue weighted by molar-refractivity contribution is 0.151. The van der Waals surface area contributed by atoms with Gasteiger partial charge in [0.15, 0.2) is 0 Å². The van der Waals surface area contributed by atoms with Crippen molar-refractivity contribution in [2.24, 2.45) is 28.6 Å². The molecule has 0 heterocycles. The number of hydrogen-bond donors (Lipinski definition) is 2. The first-order valence-corrected chi connectivity index (χ1v) is 6.28. The lowest BCUT2D eigenvalue weighted by atomic mass is 9.67. The van der Waals surface area contributed by atoms with Crippen molar-refractivity contribution in [2.75, 3.05) is 7.05 Å². The van der Waals surface area contributed by atoms with Crippen molar-refractivity contribution in [2.45, 2.75) is 44.9 Å². The maximum atomic E-state index is 5.50. The molecule has 2 saturated carbocycles. The SMILES string of the molecule is CN=C(NN)C1CCC2CCCCC2C1. The summed E-state index contributed by atoms with van der Waals surface area (Å²) in [5, 5.41) is 0. The largest absolute Gasteiger partial charge is 0.312 e. The first-order valence-electron chi connectivity index (χ1n) is 6.28. The molecule has 2 aliphatic rings. The van der Waals surface area contributed by atoms with E-state index < -0.39 is 0 Å². The summed E-state index contributed by atoms with van der Waals surface area (Å²) in [4.78, 5) is 4.25. The zero-order chi connectivity index (χ0) is 10.7. The second-order valence-electron chi connectivity index (χ2n) is 5.07. The molecule has 15 heavy (non-hydrogen) atoms. The summed E-state index contributed by atoms with van der Waals surface area (Å²) in [6, 6.07) is 0. The van der Waals surface area contributed by atoms with Crippen LogP contribution in [0.5, 0.6) is 0 Å². The molecule has 2 rings (SSSR count). The highest BCUT2D eigenvalue weighted by atomic mass is 15.2. The third-order valence-corrected chi connectivity index (χ3v) is 4.32. The van der Waals surface area contributed by atoms with Crippen LogP contribution in [0.1, 0.15) is 44.9 Å². The number of nitrogens with zero attached hydrogens (tertiary/aromatic N) is 1. The summed E-state index contributed by atoms with van der Waals surface area (Å²) in [7, 11) is 1.84. The smallest absolute Gasteiger partial charge is 0.113 e. The van der Waals surface area contributed by atoms with Crippen LogP contribution in [0.25, 0.3) is 0 Å². The van der Waals surface area contributed by atoms with Gasteiger partial charge in [-0.25, -0.2) is 5.84 Å². The van der Waals surface area contributed by atoms with E-state index in [0.717, 1.165) is 17.7 Å². The van der Waals surface area contributed by atoms with E-state index in [0.29, 0.717) is 5.92 Å². The molecule has 0 radical (unpaired) electrons. The fourth-order valence-corrected chi connectivity index (χ4v) is 3.49. The number of aliphatic imine (C=N–C) groups is 1. The Balaban J connectivity index is 1.96. The van der Waals surface area contributed by atoms with E-state index in [1.165, 1.54) is 44.9 Å². The van der Waals surface area contributed by atoms with E-state index in [9.17, 15) is 0 Å². The number of nitrogens with two attached hydrogens (primary N) is 1. The minimum Gasteiger partial charge on any atom is -0.312 e. The van der Waals surface area contributed by atoms with Crippen LogP contribution in [0.3, 0.4) is 0 Å². The van der Waals surface area contributed by atoms with Crippen LogP contribution < -0.4 is 11.3 Å². The zero-order valence-electron chi connectivity index (χ0n) is 9.71. The first kappa shape index (κ1) is 10.9. The van der Waals surface area contributed by atoms with Crippen LogP contribution in [0.2, 0.25) is 0 Å². The summed E-state index contributed by atoms with van der Waals surface area (Å²) >= 11 is 0. The average molecular weight is 209 g/mol. The summed E-state index contributed by atoms with van der Waals surface area (Å²) in [6.45, 7) is 0. The highest BCUT2D eigenvalue weighted by Gasteiger charge is 2.33. The molecule has 0 bridgehead atoms. The van der Waals surface area contributed by atoms with E-state index in [4.69, 9.17) is 5.84 Å². The maximum absolute atomic E-state index is 5.50. The normalized spacial score (nSPS) is 37.2. The second-order valence-corrected chi connectivity index (χ2v) is 5.07. The van der Waals surface area contributed by atoms with Gasteiger partial charge in [0.05, 0.1) is 0 Å². The Morgan fingerprint density at radius 2 is 1.87 bits per heavy atom. The van der Waals surface area contributed by atoms with Gasteiger partial charge >= 0.3 is 0 Å². The number of nitrogens with one attached hydrogen (secondary N) is 1. The zero-order valence-corrected chi connectivity index (χ0v) is 9.71. The van der Waals surface area contributed by atoms with Gasteiger partial charge in [-0.3, -0.25) is 4.99 Å². The molecule has 86 valence electrons. The van der Waals surface area contributed by atoms with Gasteiger partial charge < -0.3 is 5.43 Å². The number of rotatable bonds is 1. The van der Waals surface area contributed by atoms with Gasteiger partial charge in [0, 0.05) is 13.0 Å². The average Bonchev–Trinajstić information content (AvgIpc) is 2.30. The predicted molar refractivity (Wildman–Crippen MR) is 63.5 cm³/mol. The Bertz CT molecular complexity index is 237. The van der Waals surface area contributed by atoms with Crippen LogP contribution in [-0.4, -0.2) is 12.9 Å². The quantitative estimate of drug-likeness (QED) is 0.301. The fraction of sp³-hybridized carbons (Fsp3) is 0.917. The van der Waals surface area contributed by atoms with Crippen molar-refractivity contribution >= 4 is 5.84 Å². The second kappa shape index (κ2) is 4.97. The number of hydrogen-bond acceptors (Lipinski definition) is 2. The van der Waals surface area contributed by atoms with Gasteiger partial charge in [0.1, 0.15) is 5.84 Å². The molecule has 0 aromatic rings. The van der Waals surface area contributed by atoms with E-state index >= 15 is 0 Å². The lowest BCUT2D eigenvalue weighted by Gasteiger charge is -2.39. The molecule has 0 aliphatic heterocycles. The standard InChI is InChI=1S/C12H23N3/c1-14-12(15-13)11-7-6-9-4-2-3-5-10(9)8-11/h9-11H,2-8,13H2,1H3,(H,14,15). The van der Waals surface area contributed by atoms with Gasteiger partial charge in [-0.15, -0.1) is 0 Å². The van der Waals surface area contributed by atoms with Gasteiger partial charge in [0.25, 0.3) is 0 Å². The summed E-state index contributed by atoms with van der Waals surface area (Å²) < 4.78 is 0. The summed E-state index contributed by atoms with van der Waals surface area (Å²) in [6.07, 6.45) is 9.75. The topological polar surface area (TPSA) is 50.4 Å². The van der Waals surface area contributed by atoms with E-state index in [-0.39, 0.29) is 0 Å². The Hall–Kier alpha value is -0.570. The van der Waals surface area contributed by atoms with Gasteiger partial charge in [0.2, 0.25) is 0 Å². The van der Waals surface area contributed by atoms with Crippen LogP contribution in [0.4, 0.5) is 0 Å². The molecule has 0 amide bonds. The lowest BCUT2D eigenvalue weighted by Crippen LogP contribution is -2.40. The monoisotopic (exact) mass is 209 g/mol. The third kappa shape index (κ3) is 2.33. The van der Waals surface area contributed by atoms with Gasteiger partial charge in [-0.2, -0.15) is 0 Å². The highest BCUT2D eigenvalue weighted by molar-refractivity contribution is 5.84. The molecule has 3 heteroatoms. The molecule has 3 nitrogen and oxygen atoms in total. The summed E-state index contributed by atoms with van der Waals surface area (Å²) in [5.74, 6) is 9.06. The van der Waals surface area contributed by atoms with Crippen molar-refractivity contribution in [3.8, 4) is 0 Å². The Labute approximate surface area is 92.5 Å². The van der Waals surface area contributed by atoms with E-state index in [2.05, 4.69) is 10.4 Å². The van der Waals surface area contributed by atoms with Gasteiger partial charge in [-0.05, 0) is 31.1 Å². The molecule has 0 aromatic carbocycles. The van der Waals surface area contributed by atoms with Gasteiger partial charge in [-0.1, -0.05) is 25.7 Å². The highest BCUT2D eigenvalue weighted by Crippen LogP contribution is 2.42. The van der Waals surface area contributed by atoms with E-state index in [1.807, 2.05) is 7.05 Å². The van der Waals surface area contributed by atoms with Crippen molar-refractivity contribution in [1.82, 2.24) is 5.43 Å². The Morgan fingerprint density at radius 1 is 1.13 bits per heavy atom. The fourth-order valence-electron chi connectivity index (χ4n) is 3.49. The number of hydrazine groups is 1. The molecular weight excluding hydrogens is 186 g/mol. The molecule has 3 atom stereocenters.